The number of hydrogen-bond donors (Lipinski definition) is 0. The van der Waals surface area contributed by atoms with Crippen LogP contribution in [0.1, 0.15) is 53.4 Å². The van der Waals surface area contributed by atoms with Crippen molar-refractivity contribution in [3.63, 3.8) is 0 Å². The van der Waals surface area contributed by atoms with Crippen LogP contribution in [-0.2, 0) is 16.1 Å². The van der Waals surface area contributed by atoms with Gasteiger partial charge in [0.25, 0.3) is 0 Å². The van der Waals surface area contributed by atoms with Crippen molar-refractivity contribution < 1.29 is 18.7 Å². The molecule has 5 nitrogen and oxygen atoms in total. The number of hydrogen-bond acceptors (Lipinski definition) is 5. The SMILES string of the molecule is COC(=O)c1cc2nc(C3CCC(COCc4ccccc4)CC3)oc2cc1Br. The number of fused-ring (bicyclic) bond motifs is 1. The summed E-state index contributed by atoms with van der Waals surface area (Å²) < 4.78 is 17.4. The van der Waals surface area contributed by atoms with Crippen LogP contribution >= 0.6 is 15.9 Å². The van der Waals surface area contributed by atoms with E-state index in [1.165, 1.54) is 12.7 Å². The molecule has 1 aromatic heterocycles. The molecule has 3 aromatic rings. The summed E-state index contributed by atoms with van der Waals surface area (Å²) >= 11 is 3.41. The van der Waals surface area contributed by atoms with Crippen LogP contribution in [0.3, 0.4) is 0 Å². The maximum Gasteiger partial charge on any atom is 0.339 e. The third kappa shape index (κ3) is 4.70. The Morgan fingerprint density at radius 1 is 1.17 bits per heavy atom. The van der Waals surface area contributed by atoms with Gasteiger partial charge in [-0.25, -0.2) is 9.78 Å². The Bertz CT molecular complexity index is 977. The predicted molar refractivity (Wildman–Crippen MR) is 114 cm³/mol. The standard InChI is InChI=1S/C23H24BrNO4/c1-27-23(26)18-11-20-21(12-19(18)24)29-22(25-20)17-9-7-16(8-10-17)14-28-13-15-5-3-2-4-6-15/h2-6,11-12,16-17H,7-10,13-14H2,1H3. The third-order valence-electron chi connectivity index (χ3n) is 5.56. The Labute approximate surface area is 178 Å². The molecule has 2 aromatic carbocycles. The van der Waals surface area contributed by atoms with Crippen LogP contribution in [0.25, 0.3) is 11.1 Å². The Morgan fingerprint density at radius 3 is 2.66 bits per heavy atom. The first kappa shape index (κ1) is 20.1. The van der Waals surface area contributed by atoms with E-state index in [2.05, 4.69) is 33.0 Å². The van der Waals surface area contributed by atoms with Gasteiger partial charge in [-0.1, -0.05) is 30.3 Å². The number of rotatable bonds is 6. The molecule has 1 heterocycles. The summed E-state index contributed by atoms with van der Waals surface area (Å²) in [5.74, 6) is 1.27. The maximum absolute atomic E-state index is 11.9. The monoisotopic (exact) mass is 457 g/mol. The van der Waals surface area contributed by atoms with Crippen LogP contribution in [0.4, 0.5) is 0 Å². The van der Waals surface area contributed by atoms with E-state index >= 15 is 0 Å². The number of ether oxygens (including phenoxy) is 2. The van der Waals surface area contributed by atoms with Crippen molar-refractivity contribution in [1.82, 2.24) is 4.98 Å². The number of methoxy groups -OCH3 is 1. The first-order valence-electron chi connectivity index (χ1n) is 9.94. The number of oxazole rings is 1. The average molecular weight is 458 g/mol. The van der Waals surface area contributed by atoms with Crippen molar-refractivity contribution in [3.8, 4) is 0 Å². The second-order valence-electron chi connectivity index (χ2n) is 7.56. The summed E-state index contributed by atoms with van der Waals surface area (Å²) in [4.78, 5) is 16.5. The Hall–Kier alpha value is -2.18. The van der Waals surface area contributed by atoms with Gasteiger partial charge in [-0.05, 0) is 65.2 Å². The van der Waals surface area contributed by atoms with Crippen LogP contribution in [0.15, 0.2) is 51.4 Å². The molecule has 0 amide bonds. The largest absolute Gasteiger partial charge is 0.465 e. The second kappa shape index (κ2) is 9.09. The summed E-state index contributed by atoms with van der Waals surface area (Å²) in [5, 5.41) is 0. The molecule has 0 atom stereocenters. The van der Waals surface area contributed by atoms with Gasteiger partial charge in [0.05, 0.1) is 19.3 Å². The smallest absolute Gasteiger partial charge is 0.339 e. The molecule has 1 aliphatic carbocycles. The van der Waals surface area contributed by atoms with E-state index in [1.807, 2.05) is 18.2 Å². The molecule has 0 saturated heterocycles. The van der Waals surface area contributed by atoms with Crippen molar-refractivity contribution in [1.29, 1.82) is 0 Å². The highest BCUT2D eigenvalue weighted by Gasteiger charge is 2.26. The van der Waals surface area contributed by atoms with Gasteiger partial charge in [-0.2, -0.15) is 0 Å². The molecular formula is C23H24BrNO4. The zero-order valence-electron chi connectivity index (χ0n) is 16.4. The topological polar surface area (TPSA) is 61.6 Å². The van der Waals surface area contributed by atoms with Gasteiger partial charge in [0.15, 0.2) is 11.5 Å². The van der Waals surface area contributed by atoms with E-state index in [1.54, 1.807) is 12.1 Å². The highest BCUT2D eigenvalue weighted by molar-refractivity contribution is 9.10. The van der Waals surface area contributed by atoms with Crippen LogP contribution in [0, 0.1) is 5.92 Å². The fraction of sp³-hybridized carbons (Fsp3) is 0.391. The van der Waals surface area contributed by atoms with Gasteiger partial charge in [0.1, 0.15) is 5.52 Å². The molecule has 0 spiro atoms. The highest BCUT2D eigenvalue weighted by atomic mass is 79.9. The lowest BCUT2D eigenvalue weighted by Crippen LogP contribution is -2.18. The van der Waals surface area contributed by atoms with Crippen molar-refractivity contribution in [2.24, 2.45) is 5.92 Å². The number of halogens is 1. The highest BCUT2D eigenvalue weighted by Crippen LogP contribution is 2.37. The van der Waals surface area contributed by atoms with E-state index in [9.17, 15) is 4.79 Å². The lowest BCUT2D eigenvalue weighted by molar-refractivity contribution is 0.0600. The molecule has 0 unspecified atom stereocenters. The number of esters is 1. The molecule has 6 heteroatoms. The zero-order valence-corrected chi connectivity index (χ0v) is 18.0. The number of aromatic nitrogens is 1. The van der Waals surface area contributed by atoms with Gasteiger partial charge in [-0.3, -0.25) is 0 Å². The van der Waals surface area contributed by atoms with Gasteiger partial charge in [0, 0.05) is 17.0 Å². The number of carbonyl (C=O) groups is 1. The summed E-state index contributed by atoms with van der Waals surface area (Å²) in [6.07, 6.45) is 4.29. The molecule has 0 radical (unpaired) electrons. The van der Waals surface area contributed by atoms with Gasteiger partial charge in [-0.15, -0.1) is 0 Å². The quantitative estimate of drug-likeness (QED) is 0.433. The summed E-state index contributed by atoms with van der Waals surface area (Å²) in [7, 11) is 1.37. The van der Waals surface area contributed by atoms with Crippen LogP contribution in [-0.4, -0.2) is 24.7 Å². The van der Waals surface area contributed by atoms with E-state index in [-0.39, 0.29) is 5.97 Å². The molecule has 1 saturated carbocycles. The first-order valence-corrected chi connectivity index (χ1v) is 10.7. The molecule has 152 valence electrons. The minimum Gasteiger partial charge on any atom is -0.465 e. The fourth-order valence-electron chi connectivity index (χ4n) is 3.90. The predicted octanol–water partition coefficient (Wildman–Crippen LogP) is 5.87. The van der Waals surface area contributed by atoms with Gasteiger partial charge < -0.3 is 13.9 Å². The molecule has 29 heavy (non-hydrogen) atoms. The van der Waals surface area contributed by atoms with Gasteiger partial charge >= 0.3 is 5.97 Å². The minimum absolute atomic E-state index is 0.313. The van der Waals surface area contributed by atoms with E-state index in [0.717, 1.165) is 38.2 Å². The summed E-state index contributed by atoms with van der Waals surface area (Å²) in [6.45, 7) is 1.47. The Balaban J connectivity index is 1.34. The average Bonchev–Trinajstić information content (AvgIpc) is 3.16. The van der Waals surface area contributed by atoms with Crippen molar-refractivity contribution in [2.45, 2.75) is 38.2 Å². The number of benzene rings is 2. The van der Waals surface area contributed by atoms with Crippen molar-refractivity contribution in [2.75, 3.05) is 13.7 Å². The summed E-state index contributed by atoms with van der Waals surface area (Å²) in [5.41, 5.74) is 3.05. The molecule has 1 aliphatic rings. The lowest BCUT2D eigenvalue weighted by atomic mass is 9.82. The minimum atomic E-state index is -0.390. The zero-order chi connectivity index (χ0) is 20.2. The van der Waals surface area contributed by atoms with Crippen LogP contribution in [0.2, 0.25) is 0 Å². The van der Waals surface area contributed by atoms with E-state index in [0.29, 0.717) is 39.6 Å². The van der Waals surface area contributed by atoms with Crippen LogP contribution < -0.4 is 0 Å². The number of nitrogens with zero attached hydrogens (tertiary/aromatic N) is 1. The number of carbonyl (C=O) groups excluding carboxylic acids is 1. The molecule has 0 bridgehead atoms. The molecule has 1 fully saturated rings. The van der Waals surface area contributed by atoms with Gasteiger partial charge in [0.2, 0.25) is 0 Å². The third-order valence-corrected chi connectivity index (χ3v) is 6.22. The molecule has 0 N–H and O–H groups in total. The maximum atomic E-state index is 11.9. The Kier molecular flexibility index (Phi) is 6.31. The van der Waals surface area contributed by atoms with Crippen LogP contribution in [0.5, 0.6) is 0 Å². The normalized spacial score (nSPS) is 19.4. The molecular weight excluding hydrogens is 434 g/mol. The molecule has 4 rings (SSSR count). The van der Waals surface area contributed by atoms with E-state index < -0.39 is 0 Å². The van der Waals surface area contributed by atoms with Crippen molar-refractivity contribution in [3.05, 3.63) is 64.0 Å². The second-order valence-corrected chi connectivity index (χ2v) is 8.42. The summed E-state index contributed by atoms with van der Waals surface area (Å²) in [6, 6.07) is 13.8. The lowest BCUT2D eigenvalue weighted by Gasteiger charge is -2.26. The first-order chi connectivity index (χ1) is 14.1. The Morgan fingerprint density at radius 2 is 1.93 bits per heavy atom. The fourth-order valence-corrected chi connectivity index (χ4v) is 4.39. The van der Waals surface area contributed by atoms with Crippen molar-refractivity contribution >= 4 is 33.0 Å². The molecule has 0 aliphatic heterocycles. The van der Waals surface area contributed by atoms with E-state index in [4.69, 9.17) is 13.9 Å².